The number of hydrazine groups is 1. The molecule has 29 heavy (non-hydrogen) atoms. The van der Waals surface area contributed by atoms with E-state index in [0.717, 1.165) is 38.2 Å². The van der Waals surface area contributed by atoms with Gasteiger partial charge in [-0.2, -0.15) is 13.2 Å². The Morgan fingerprint density at radius 2 is 1.66 bits per heavy atom. The Bertz CT molecular complexity index is 877. The van der Waals surface area contributed by atoms with Gasteiger partial charge in [-0.3, -0.25) is 20.4 Å². The molecule has 1 fully saturated rings. The summed E-state index contributed by atoms with van der Waals surface area (Å²) in [5.74, 6) is -0.711. The fraction of sp³-hybridized carbons (Fsp3) is 0.333. The maximum Gasteiger partial charge on any atom is 0.418 e. The minimum Gasteiger partial charge on any atom is -0.326 e. The third-order valence-corrected chi connectivity index (χ3v) is 4.91. The lowest BCUT2D eigenvalue weighted by Gasteiger charge is -2.20. The first-order chi connectivity index (χ1) is 13.8. The molecule has 8 heteroatoms. The number of hydrogen-bond donors (Lipinski definition) is 3. The van der Waals surface area contributed by atoms with E-state index in [1.807, 2.05) is 0 Å². The number of alkyl halides is 3. The van der Waals surface area contributed by atoms with Crippen molar-refractivity contribution in [1.82, 2.24) is 5.43 Å². The van der Waals surface area contributed by atoms with Crippen LogP contribution in [0.5, 0.6) is 0 Å². The molecule has 1 aliphatic rings. The Labute approximate surface area is 166 Å². The first kappa shape index (κ1) is 20.7. The zero-order chi connectivity index (χ0) is 20.9. The maximum atomic E-state index is 13.0. The lowest BCUT2D eigenvalue weighted by atomic mass is 9.88. The molecule has 3 rings (SSSR count). The molecule has 5 nitrogen and oxygen atoms in total. The lowest BCUT2D eigenvalue weighted by molar-refractivity contribution is -0.137. The standard InChI is InChI=1S/C21H22F3N3O2/c22-21(23,24)17-11-4-5-12-18(17)26-27-20(29)15-9-6-10-16(13-15)25-19(28)14-7-2-1-3-8-14/h4-6,9-14,26H,1-3,7-8H2,(H,25,28)(H,27,29). The second-order valence-corrected chi connectivity index (χ2v) is 7.03. The fourth-order valence-electron chi connectivity index (χ4n) is 3.38. The minimum absolute atomic E-state index is 0.0261. The van der Waals surface area contributed by atoms with Crippen LogP contribution in [0.3, 0.4) is 0 Å². The highest BCUT2D eigenvalue weighted by Gasteiger charge is 2.33. The topological polar surface area (TPSA) is 70.2 Å². The van der Waals surface area contributed by atoms with Crippen LogP contribution >= 0.6 is 0 Å². The van der Waals surface area contributed by atoms with Crippen LogP contribution in [0.15, 0.2) is 48.5 Å². The summed E-state index contributed by atoms with van der Waals surface area (Å²) in [7, 11) is 0. The predicted octanol–water partition coefficient (Wildman–Crippen LogP) is 4.98. The SMILES string of the molecule is O=C(NNc1ccccc1C(F)(F)F)c1cccc(NC(=O)C2CCCCC2)c1. The van der Waals surface area contributed by atoms with Gasteiger partial charge in [-0.1, -0.05) is 37.5 Å². The molecule has 0 unspecified atom stereocenters. The molecule has 0 radical (unpaired) electrons. The van der Waals surface area contributed by atoms with Gasteiger partial charge >= 0.3 is 6.18 Å². The summed E-state index contributed by atoms with van der Waals surface area (Å²) >= 11 is 0. The van der Waals surface area contributed by atoms with Gasteiger partial charge in [0.05, 0.1) is 11.3 Å². The first-order valence-electron chi connectivity index (χ1n) is 9.48. The number of rotatable bonds is 5. The second-order valence-electron chi connectivity index (χ2n) is 7.03. The smallest absolute Gasteiger partial charge is 0.326 e. The summed E-state index contributed by atoms with van der Waals surface area (Å²) in [6.07, 6.45) is 0.377. The van der Waals surface area contributed by atoms with Crippen LogP contribution in [0.25, 0.3) is 0 Å². The Morgan fingerprint density at radius 3 is 2.38 bits per heavy atom. The molecule has 0 aliphatic heterocycles. The lowest BCUT2D eigenvalue weighted by Crippen LogP contribution is -2.30. The fourth-order valence-corrected chi connectivity index (χ4v) is 3.38. The van der Waals surface area contributed by atoms with Gasteiger partial charge in [0.15, 0.2) is 0 Å². The summed E-state index contributed by atoms with van der Waals surface area (Å²) in [5.41, 5.74) is 4.15. The van der Waals surface area contributed by atoms with Gasteiger partial charge in [0.1, 0.15) is 0 Å². The van der Waals surface area contributed by atoms with Crippen molar-refractivity contribution in [2.45, 2.75) is 38.3 Å². The van der Waals surface area contributed by atoms with E-state index in [9.17, 15) is 22.8 Å². The molecular weight excluding hydrogens is 383 g/mol. The van der Waals surface area contributed by atoms with E-state index in [1.165, 1.54) is 30.3 Å². The van der Waals surface area contributed by atoms with E-state index >= 15 is 0 Å². The highest BCUT2D eigenvalue weighted by molar-refractivity contribution is 5.98. The molecule has 0 aromatic heterocycles. The maximum absolute atomic E-state index is 13.0. The summed E-state index contributed by atoms with van der Waals surface area (Å²) in [5, 5.41) is 2.82. The van der Waals surface area contributed by atoms with Crippen LogP contribution in [-0.2, 0) is 11.0 Å². The molecule has 1 saturated carbocycles. The summed E-state index contributed by atoms with van der Waals surface area (Å²) in [6.45, 7) is 0. The summed E-state index contributed by atoms with van der Waals surface area (Å²) in [4.78, 5) is 24.7. The molecule has 2 amide bonds. The van der Waals surface area contributed by atoms with Crippen molar-refractivity contribution in [2.75, 3.05) is 10.7 Å². The number of benzene rings is 2. The number of halogens is 3. The molecule has 154 valence electrons. The van der Waals surface area contributed by atoms with E-state index in [0.29, 0.717) is 5.69 Å². The number of carbonyl (C=O) groups is 2. The number of amides is 2. The largest absolute Gasteiger partial charge is 0.418 e. The van der Waals surface area contributed by atoms with Crippen molar-refractivity contribution < 1.29 is 22.8 Å². The molecule has 2 aromatic carbocycles. The van der Waals surface area contributed by atoms with Crippen molar-refractivity contribution in [3.63, 3.8) is 0 Å². The van der Waals surface area contributed by atoms with Crippen LogP contribution < -0.4 is 16.2 Å². The third kappa shape index (κ3) is 5.49. The number of carbonyl (C=O) groups excluding carboxylic acids is 2. The zero-order valence-electron chi connectivity index (χ0n) is 15.7. The van der Waals surface area contributed by atoms with Crippen molar-refractivity contribution in [3.05, 3.63) is 59.7 Å². The summed E-state index contributed by atoms with van der Waals surface area (Å²) < 4.78 is 39.1. The minimum atomic E-state index is -4.54. The Hall–Kier alpha value is -3.03. The van der Waals surface area contributed by atoms with E-state index in [4.69, 9.17) is 0 Å². The average molecular weight is 405 g/mol. The van der Waals surface area contributed by atoms with Gasteiger partial charge in [-0.15, -0.1) is 0 Å². The third-order valence-electron chi connectivity index (χ3n) is 4.91. The van der Waals surface area contributed by atoms with Gasteiger partial charge in [0.25, 0.3) is 5.91 Å². The Kier molecular flexibility index (Phi) is 6.41. The number of nitrogens with one attached hydrogen (secondary N) is 3. The highest BCUT2D eigenvalue weighted by atomic mass is 19.4. The van der Waals surface area contributed by atoms with Crippen molar-refractivity contribution in [3.8, 4) is 0 Å². The average Bonchev–Trinajstić information content (AvgIpc) is 2.72. The van der Waals surface area contributed by atoms with Crippen molar-refractivity contribution in [2.24, 2.45) is 5.92 Å². The Morgan fingerprint density at radius 1 is 0.931 bits per heavy atom. The molecule has 0 spiro atoms. The van der Waals surface area contributed by atoms with Gasteiger partial charge in [-0.05, 0) is 43.2 Å². The molecular formula is C21H22F3N3O2. The van der Waals surface area contributed by atoms with Gasteiger partial charge in [0.2, 0.25) is 5.91 Å². The highest BCUT2D eigenvalue weighted by Crippen LogP contribution is 2.34. The quantitative estimate of drug-likeness (QED) is 0.615. The van der Waals surface area contributed by atoms with Gasteiger partial charge < -0.3 is 5.32 Å². The zero-order valence-corrected chi connectivity index (χ0v) is 15.7. The van der Waals surface area contributed by atoms with E-state index in [2.05, 4.69) is 16.2 Å². The van der Waals surface area contributed by atoms with Crippen LogP contribution in [-0.4, -0.2) is 11.8 Å². The van der Waals surface area contributed by atoms with Gasteiger partial charge in [0, 0.05) is 17.2 Å². The van der Waals surface area contributed by atoms with E-state index < -0.39 is 17.6 Å². The molecule has 0 heterocycles. The molecule has 1 aliphatic carbocycles. The van der Waals surface area contributed by atoms with Crippen LogP contribution in [0.4, 0.5) is 24.5 Å². The molecule has 0 bridgehead atoms. The van der Waals surface area contributed by atoms with Crippen molar-refractivity contribution in [1.29, 1.82) is 0 Å². The van der Waals surface area contributed by atoms with Crippen LogP contribution in [0, 0.1) is 5.92 Å². The molecule has 2 aromatic rings. The molecule has 0 atom stereocenters. The molecule has 3 N–H and O–H groups in total. The van der Waals surface area contributed by atoms with Gasteiger partial charge in [-0.25, -0.2) is 0 Å². The number of hydrogen-bond acceptors (Lipinski definition) is 3. The van der Waals surface area contributed by atoms with Crippen LogP contribution in [0.2, 0.25) is 0 Å². The van der Waals surface area contributed by atoms with E-state index in [-0.39, 0.29) is 23.1 Å². The van der Waals surface area contributed by atoms with E-state index in [1.54, 1.807) is 12.1 Å². The number of anilines is 2. The normalized spacial score (nSPS) is 14.9. The number of para-hydroxylation sites is 1. The second kappa shape index (κ2) is 8.98. The summed E-state index contributed by atoms with van der Waals surface area (Å²) in [6, 6.07) is 11.1. The first-order valence-corrected chi connectivity index (χ1v) is 9.48. The monoisotopic (exact) mass is 405 g/mol. The Balaban J connectivity index is 1.63. The molecule has 0 saturated heterocycles. The predicted molar refractivity (Wildman–Crippen MR) is 104 cm³/mol. The van der Waals surface area contributed by atoms with Crippen LogP contribution in [0.1, 0.15) is 48.0 Å². The van der Waals surface area contributed by atoms with Crippen molar-refractivity contribution >= 4 is 23.2 Å².